The first kappa shape index (κ1) is 19.6. The average Bonchev–Trinajstić information content (AvgIpc) is 2.69. The van der Waals surface area contributed by atoms with E-state index in [2.05, 4.69) is 10.6 Å². The molecule has 0 bridgehead atoms. The second kappa shape index (κ2) is 8.24. The van der Waals surface area contributed by atoms with Crippen molar-refractivity contribution in [3.63, 3.8) is 0 Å². The maximum absolute atomic E-state index is 12.8. The molecule has 3 rings (SSSR count). The number of sulfonamides is 1. The number of piperidine rings is 1. The fourth-order valence-corrected chi connectivity index (χ4v) is 4.54. The molecule has 2 heterocycles. The molecule has 2 N–H and O–H groups in total. The van der Waals surface area contributed by atoms with Crippen molar-refractivity contribution in [3.05, 3.63) is 23.8 Å². The van der Waals surface area contributed by atoms with Crippen molar-refractivity contribution in [1.82, 2.24) is 14.9 Å². The maximum Gasteiger partial charge on any atom is 0.255 e. The van der Waals surface area contributed by atoms with E-state index in [9.17, 15) is 18.0 Å². The molecule has 0 aromatic heterocycles. The standard InChI is InChI=1S/C17H23N3O6S/c1-25-15-5-4-12(27(23,24)20-7-9-26-10-8-20)11-13(15)16(21)19-14-3-2-6-18-17(14)22/h4-5,11,14H,2-3,6-10H2,1H3,(H,18,22)(H,19,21). The number of amides is 2. The van der Waals surface area contributed by atoms with Crippen LogP contribution >= 0.6 is 0 Å². The van der Waals surface area contributed by atoms with Gasteiger partial charge in [0.1, 0.15) is 11.8 Å². The van der Waals surface area contributed by atoms with Crippen molar-refractivity contribution >= 4 is 21.8 Å². The van der Waals surface area contributed by atoms with Gasteiger partial charge in [0.05, 0.1) is 30.8 Å². The zero-order valence-corrected chi connectivity index (χ0v) is 15.9. The van der Waals surface area contributed by atoms with Crippen molar-refractivity contribution in [2.24, 2.45) is 0 Å². The molecule has 2 aliphatic rings. The van der Waals surface area contributed by atoms with Crippen molar-refractivity contribution < 1.29 is 27.5 Å². The molecule has 10 heteroatoms. The third-order valence-corrected chi connectivity index (χ3v) is 6.51. The summed E-state index contributed by atoms with van der Waals surface area (Å²) in [4.78, 5) is 24.6. The van der Waals surface area contributed by atoms with E-state index in [0.29, 0.717) is 26.2 Å². The Bertz CT molecular complexity index is 820. The van der Waals surface area contributed by atoms with E-state index >= 15 is 0 Å². The van der Waals surface area contributed by atoms with Gasteiger partial charge in [0.15, 0.2) is 0 Å². The van der Waals surface area contributed by atoms with Crippen LogP contribution in [0.2, 0.25) is 0 Å². The molecule has 2 aliphatic heterocycles. The van der Waals surface area contributed by atoms with E-state index < -0.39 is 22.0 Å². The van der Waals surface area contributed by atoms with Crippen LogP contribution < -0.4 is 15.4 Å². The van der Waals surface area contributed by atoms with Gasteiger partial charge in [-0.1, -0.05) is 0 Å². The number of benzene rings is 1. The van der Waals surface area contributed by atoms with Crippen LogP contribution in [0.5, 0.6) is 5.75 Å². The van der Waals surface area contributed by atoms with Gasteiger partial charge in [0.2, 0.25) is 15.9 Å². The van der Waals surface area contributed by atoms with Crippen LogP contribution in [-0.4, -0.2) is 70.5 Å². The SMILES string of the molecule is COc1ccc(S(=O)(=O)N2CCOCC2)cc1C(=O)NC1CCCNC1=O. The Balaban J connectivity index is 1.86. The van der Waals surface area contributed by atoms with Gasteiger partial charge >= 0.3 is 0 Å². The Morgan fingerprint density at radius 1 is 1.33 bits per heavy atom. The largest absolute Gasteiger partial charge is 0.496 e. The molecule has 0 spiro atoms. The smallest absolute Gasteiger partial charge is 0.255 e. The molecule has 0 radical (unpaired) electrons. The van der Waals surface area contributed by atoms with Gasteiger partial charge in [-0.3, -0.25) is 9.59 Å². The van der Waals surface area contributed by atoms with Gasteiger partial charge in [0.25, 0.3) is 5.91 Å². The molecule has 1 atom stereocenters. The fourth-order valence-electron chi connectivity index (χ4n) is 3.11. The molecule has 1 aromatic carbocycles. The highest BCUT2D eigenvalue weighted by Gasteiger charge is 2.29. The molecule has 9 nitrogen and oxygen atoms in total. The van der Waals surface area contributed by atoms with E-state index in [1.807, 2.05) is 0 Å². The van der Waals surface area contributed by atoms with E-state index in [4.69, 9.17) is 9.47 Å². The molecular weight excluding hydrogens is 374 g/mol. The topological polar surface area (TPSA) is 114 Å². The van der Waals surface area contributed by atoms with Gasteiger partial charge in [-0.2, -0.15) is 4.31 Å². The molecule has 2 fully saturated rings. The predicted molar refractivity (Wildman–Crippen MR) is 96.1 cm³/mol. The van der Waals surface area contributed by atoms with E-state index in [0.717, 1.165) is 6.42 Å². The minimum absolute atomic E-state index is 0.00319. The Morgan fingerprint density at radius 2 is 2.07 bits per heavy atom. The van der Waals surface area contributed by atoms with Gasteiger partial charge in [-0.05, 0) is 31.0 Å². The van der Waals surface area contributed by atoms with Gasteiger partial charge in [-0.15, -0.1) is 0 Å². The molecule has 2 saturated heterocycles. The second-order valence-electron chi connectivity index (χ2n) is 6.34. The average molecular weight is 397 g/mol. The zero-order valence-electron chi connectivity index (χ0n) is 15.1. The van der Waals surface area contributed by atoms with Crippen LogP contribution in [0, 0.1) is 0 Å². The lowest BCUT2D eigenvalue weighted by Gasteiger charge is -2.26. The monoisotopic (exact) mass is 397 g/mol. The highest BCUT2D eigenvalue weighted by atomic mass is 32.2. The summed E-state index contributed by atoms with van der Waals surface area (Å²) in [6.07, 6.45) is 1.30. The third kappa shape index (κ3) is 4.23. The van der Waals surface area contributed by atoms with Crippen molar-refractivity contribution in [2.75, 3.05) is 40.0 Å². The molecule has 27 heavy (non-hydrogen) atoms. The van der Waals surface area contributed by atoms with Crippen molar-refractivity contribution in [1.29, 1.82) is 0 Å². The van der Waals surface area contributed by atoms with Crippen LogP contribution in [0.1, 0.15) is 23.2 Å². The van der Waals surface area contributed by atoms with Gasteiger partial charge < -0.3 is 20.1 Å². The van der Waals surface area contributed by atoms with E-state index in [-0.39, 0.29) is 35.2 Å². The fraction of sp³-hybridized carbons (Fsp3) is 0.529. The molecule has 2 amide bonds. The lowest BCUT2D eigenvalue weighted by atomic mass is 10.1. The number of hydrogen-bond acceptors (Lipinski definition) is 6. The number of carbonyl (C=O) groups is 2. The summed E-state index contributed by atoms with van der Waals surface area (Å²) in [5, 5.41) is 5.36. The summed E-state index contributed by atoms with van der Waals surface area (Å²) in [5.74, 6) is -0.553. The first-order valence-corrected chi connectivity index (χ1v) is 10.2. The number of nitrogens with one attached hydrogen (secondary N) is 2. The summed E-state index contributed by atoms with van der Waals surface area (Å²) in [7, 11) is -2.35. The summed E-state index contributed by atoms with van der Waals surface area (Å²) in [6.45, 7) is 1.77. The van der Waals surface area contributed by atoms with E-state index in [1.165, 1.54) is 29.6 Å². The maximum atomic E-state index is 12.8. The first-order valence-electron chi connectivity index (χ1n) is 8.78. The number of rotatable bonds is 5. The minimum atomic E-state index is -3.75. The number of methoxy groups -OCH3 is 1. The van der Waals surface area contributed by atoms with Crippen LogP contribution in [0.25, 0.3) is 0 Å². The molecular formula is C17H23N3O6S. The molecule has 0 saturated carbocycles. The van der Waals surface area contributed by atoms with Crippen LogP contribution in [0.15, 0.2) is 23.1 Å². The molecule has 148 valence electrons. The number of morpholine rings is 1. The Morgan fingerprint density at radius 3 is 2.74 bits per heavy atom. The summed E-state index contributed by atoms with van der Waals surface area (Å²) in [5.41, 5.74) is 0.0743. The van der Waals surface area contributed by atoms with Crippen LogP contribution in [0.4, 0.5) is 0 Å². The van der Waals surface area contributed by atoms with Crippen molar-refractivity contribution in [2.45, 2.75) is 23.8 Å². The molecule has 0 aliphatic carbocycles. The van der Waals surface area contributed by atoms with Gasteiger partial charge in [0, 0.05) is 19.6 Å². The lowest BCUT2D eigenvalue weighted by Crippen LogP contribution is -2.50. The predicted octanol–water partition coefficient (Wildman–Crippen LogP) is -0.275. The minimum Gasteiger partial charge on any atom is -0.496 e. The number of carbonyl (C=O) groups excluding carboxylic acids is 2. The zero-order chi connectivity index (χ0) is 19.4. The number of nitrogens with zero attached hydrogens (tertiary/aromatic N) is 1. The Kier molecular flexibility index (Phi) is 5.98. The normalized spacial score (nSPS) is 21.4. The van der Waals surface area contributed by atoms with Crippen LogP contribution in [-0.2, 0) is 19.6 Å². The molecule has 1 unspecified atom stereocenters. The first-order chi connectivity index (χ1) is 12.9. The highest BCUT2D eigenvalue weighted by Crippen LogP contribution is 2.25. The quantitative estimate of drug-likeness (QED) is 0.707. The summed E-state index contributed by atoms with van der Waals surface area (Å²) in [6, 6.07) is 3.51. The van der Waals surface area contributed by atoms with Crippen molar-refractivity contribution in [3.8, 4) is 5.75 Å². The highest BCUT2D eigenvalue weighted by molar-refractivity contribution is 7.89. The summed E-state index contributed by atoms with van der Waals surface area (Å²) < 4.78 is 37.4. The van der Waals surface area contributed by atoms with Gasteiger partial charge in [-0.25, -0.2) is 8.42 Å². The second-order valence-corrected chi connectivity index (χ2v) is 8.28. The Hall–Kier alpha value is -2.17. The number of ether oxygens (including phenoxy) is 2. The number of hydrogen-bond donors (Lipinski definition) is 2. The third-order valence-electron chi connectivity index (χ3n) is 4.61. The molecule has 1 aromatic rings. The Labute approximate surface area is 158 Å². The lowest BCUT2D eigenvalue weighted by molar-refractivity contribution is -0.124. The summed E-state index contributed by atoms with van der Waals surface area (Å²) >= 11 is 0. The van der Waals surface area contributed by atoms with Crippen LogP contribution in [0.3, 0.4) is 0 Å². The van der Waals surface area contributed by atoms with E-state index in [1.54, 1.807) is 0 Å².